The van der Waals surface area contributed by atoms with Gasteiger partial charge in [-0.25, -0.2) is 0 Å². The van der Waals surface area contributed by atoms with Gasteiger partial charge in [0.15, 0.2) is 0 Å². The molecule has 0 aliphatic heterocycles. The van der Waals surface area contributed by atoms with Crippen LogP contribution in [0.4, 0.5) is 11.4 Å². The summed E-state index contributed by atoms with van der Waals surface area (Å²) in [5, 5.41) is 5.77. The first-order chi connectivity index (χ1) is 12.6. The molecule has 1 aromatic heterocycles. The minimum Gasteiger partial charge on any atom is -0.330 e. The zero-order chi connectivity index (χ0) is 18.8. The van der Waals surface area contributed by atoms with E-state index in [4.69, 9.17) is 5.73 Å². The van der Waals surface area contributed by atoms with E-state index >= 15 is 0 Å². The van der Waals surface area contributed by atoms with Crippen molar-refractivity contribution < 1.29 is 9.59 Å². The van der Waals surface area contributed by atoms with Crippen molar-refractivity contribution in [1.82, 2.24) is 4.98 Å². The molecule has 0 atom stereocenters. The molecule has 2 rings (SSSR count). The summed E-state index contributed by atoms with van der Waals surface area (Å²) in [4.78, 5) is 28.3. The highest BCUT2D eigenvalue weighted by Crippen LogP contribution is 2.21. The number of nitrogens with zero attached hydrogens (tertiary/aromatic N) is 1. The fraction of sp³-hybridized carbons (Fsp3) is 0.350. The van der Waals surface area contributed by atoms with Gasteiger partial charge in [-0.1, -0.05) is 18.9 Å². The average molecular weight is 427 g/mol. The quantitative estimate of drug-likeness (QED) is 0.519. The summed E-state index contributed by atoms with van der Waals surface area (Å²) in [7, 11) is 0. The lowest BCUT2D eigenvalue weighted by atomic mass is 10.1. The maximum absolute atomic E-state index is 12.3. The van der Waals surface area contributed by atoms with Gasteiger partial charge in [0.2, 0.25) is 5.91 Å². The van der Waals surface area contributed by atoms with Gasteiger partial charge >= 0.3 is 0 Å². The predicted octanol–water partition coefficient (Wildman–Crippen LogP) is 4.33. The Morgan fingerprint density at radius 2 is 1.64 bits per heavy atom. The van der Waals surface area contributed by atoms with Gasteiger partial charge in [0.1, 0.15) is 0 Å². The number of hydrogen-bond donors (Lipinski definition) is 3. The highest BCUT2D eigenvalue weighted by Gasteiger charge is 2.09. The van der Waals surface area contributed by atoms with Gasteiger partial charge < -0.3 is 16.4 Å². The zero-order valence-electron chi connectivity index (χ0n) is 15.9. The molecule has 8 heteroatoms. The molecular formula is C20H28Cl2N4O2. The number of nitrogens with two attached hydrogens (primary N) is 1. The number of rotatable bonds is 9. The monoisotopic (exact) mass is 426 g/mol. The SMILES string of the molecule is Cc1ccc(NC(=O)CCCCCCN)cc1NC(=O)c1ccncc1.Cl.Cl. The van der Waals surface area contributed by atoms with Crippen molar-refractivity contribution in [3.8, 4) is 0 Å². The molecule has 4 N–H and O–H groups in total. The number of pyridine rings is 1. The van der Waals surface area contributed by atoms with Crippen molar-refractivity contribution in [3.63, 3.8) is 0 Å². The van der Waals surface area contributed by atoms with E-state index in [2.05, 4.69) is 15.6 Å². The third-order valence-corrected chi connectivity index (χ3v) is 4.07. The van der Waals surface area contributed by atoms with Crippen LogP contribution in [0.5, 0.6) is 0 Å². The molecule has 0 aliphatic rings. The molecule has 28 heavy (non-hydrogen) atoms. The van der Waals surface area contributed by atoms with E-state index < -0.39 is 0 Å². The van der Waals surface area contributed by atoms with Crippen LogP contribution in [0.25, 0.3) is 0 Å². The van der Waals surface area contributed by atoms with Crippen molar-refractivity contribution in [1.29, 1.82) is 0 Å². The van der Waals surface area contributed by atoms with E-state index in [0.29, 0.717) is 29.9 Å². The highest BCUT2D eigenvalue weighted by molar-refractivity contribution is 6.05. The fourth-order valence-corrected chi connectivity index (χ4v) is 2.54. The summed E-state index contributed by atoms with van der Waals surface area (Å²) < 4.78 is 0. The molecule has 0 saturated carbocycles. The number of unbranched alkanes of at least 4 members (excludes halogenated alkanes) is 3. The lowest BCUT2D eigenvalue weighted by Crippen LogP contribution is -2.14. The molecule has 0 spiro atoms. The Balaban J connectivity index is 0.00000364. The van der Waals surface area contributed by atoms with E-state index in [1.165, 1.54) is 0 Å². The maximum atomic E-state index is 12.3. The molecule has 1 aromatic carbocycles. The van der Waals surface area contributed by atoms with Gasteiger partial charge in [-0.3, -0.25) is 14.6 Å². The van der Waals surface area contributed by atoms with E-state index in [1.54, 1.807) is 30.6 Å². The molecule has 0 unspecified atom stereocenters. The van der Waals surface area contributed by atoms with Crippen LogP contribution in [-0.2, 0) is 4.79 Å². The highest BCUT2D eigenvalue weighted by atomic mass is 35.5. The summed E-state index contributed by atoms with van der Waals surface area (Å²) in [5.74, 6) is -0.230. The Hall–Kier alpha value is -2.15. The number of hydrogen-bond acceptors (Lipinski definition) is 4. The van der Waals surface area contributed by atoms with E-state index in [9.17, 15) is 9.59 Å². The Bertz CT molecular complexity index is 742. The number of benzene rings is 1. The average Bonchev–Trinajstić information content (AvgIpc) is 2.65. The second kappa shape index (κ2) is 13.9. The largest absolute Gasteiger partial charge is 0.330 e. The Morgan fingerprint density at radius 1 is 0.964 bits per heavy atom. The molecule has 6 nitrogen and oxygen atoms in total. The van der Waals surface area contributed by atoms with Crippen LogP contribution in [0.2, 0.25) is 0 Å². The molecule has 0 saturated heterocycles. The van der Waals surface area contributed by atoms with E-state index in [1.807, 2.05) is 19.1 Å². The van der Waals surface area contributed by atoms with E-state index in [-0.39, 0.29) is 36.6 Å². The van der Waals surface area contributed by atoms with Gasteiger partial charge in [0.05, 0.1) is 0 Å². The van der Waals surface area contributed by atoms with Gasteiger partial charge in [-0.05, 0) is 56.1 Å². The fourth-order valence-electron chi connectivity index (χ4n) is 2.54. The number of carbonyl (C=O) groups is 2. The number of aryl methyl sites for hydroxylation is 1. The van der Waals surface area contributed by atoms with Crippen molar-refractivity contribution in [2.24, 2.45) is 5.73 Å². The van der Waals surface area contributed by atoms with Crippen LogP contribution >= 0.6 is 24.8 Å². The second-order valence-electron chi connectivity index (χ2n) is 6.22. The first-order valence-electron chi connectivity index (χ1n) is 8.92. The van der Waals surface area contributed by atoms with Gasteiger partial charge in [-0.15, -0.1) is 24.8 Å². The van der Waals surface area contributed by atoms with Crippen LogP contribution in [0.1, 0.15) is 48.0 Å². The van der Waals surface area contributed by atoms with Crippen molar-refractivity contribution >= 4 is 48.0 Å². The minimum atomic E-state index is -0.209. The van der Waals surface area contributed by atoms with Gasteiger partial charge in [0.25, 0.3) is 5.91 Å². The number of anilines is 2. The number of carbonyl (C=O) groups excluding carboxylic acids is 2. The van der Waals surface area contributed by atoms with Crippen LogP contribution in [-0.4, -0.2) is 23.3 Å². The third kappa shape index (κ3) is 8.69. The first-order valence-corrected chi connectivity index (χ1v) is 8.92. The topological polar surface area (TPSA) is 97.1 Å². The van der Waals surface area contributed by atoms with Crippen LogP contribution in [0.3, 0.4) is 0 Å². The van der Waals surface area contributed by atoms with Gasteiger partial charge in [-0.2, -0.15) is 0 Å². The Labute approximate surface area is 178 Å². The lowest BCUT2D eigenvalue weighted by molar-refractivity contribution is -0.116. The summed E-state index contributed by atoms with van der Waals surface area (Å²) in [6.07, 6.45) is 7.55. The molecule has 0 bridgehead atoms. The number of nitrogens with one attached hydrogen (secondary N) is 2. The molecule has 154 valence electrons. The molecule has 2 aromatic rings. The third-order valence-electron chi connectivity index (χ3n) is 4.07. The summed E-state index contributed by atoms with van der Waals surface area (Å²) >= 11 is 0. The first kappa shape index (κ1) is 25.9. The summed E-state index contributed by atoms with van der Waals surface area (Å²) in [6.45, 7) is 2.61. The lowest BCUT2D eigenvalue weighted by Gasteiger charge is -2.12. The zero-order valence-corrected chi connectivity index (χ0v) is 17.6. The summed E-state index contributed by atoms with van der Waals surface area (Å²) in [6, 6.07) is 8.80. The number of amides is 2. The smallest absolute Gasteiger partial charge is 0.255 e. The Morgan fingerprint density at radius 3 is 2.32 bits per heavy atom. The van der Waals surface area contributed by atoms with Crippen molar-refractivity contribution in [2.45, 2.75) is 39.0 Å². The van der Waals surface area contributed by atoms with E-state index in [0.717, 1.165) is 31.2 Å². The molecule has 0 radical (unpaired) electrons. The normalized spacial score (nSPS) is 9.64. The van der Waals surface area contributed by atoms with Crippen molar-refractivity contribution in [3.05, 3.63) is 53.9 Å². The van der Waals surface area contributed by atoms with Crippen LogP contribution in [0.15, 0.2) is 42.7 Å². The van der Waals surface area contributed by atoms with Gasteiger partial charge in [0, 0.05) is 35.8 Å². The Kier molecular flexibility index (Phi) is 12.9. The van der Waals surface area contributed by atoms with Crippen LogP contribution in [0, 0.1) is 6.92 Å². The number of halogens is 2. The number of aromatic nitrogens is 1. The second-order valence-corrected chi connectivity index (χ2v) is 6.22. The molecule has 0 aliphatic carbocycles. The molecule has 1 heterocycles. The molecule has 2 amide bonds. The standard InChI is InChI=1S/C20H26N4O2.2ClH/c1-15-7-8-17(23-19(25)6-4-2-3-5-11-21)14-18(15)24-20(26)16-9-12-22-13-10-16;;/h7-10,12-14H,2-6,11,21H2,1H3,(H,23,25)(H,24,26);2*1H. The molecule has 0 fully saturated rings. The molecular weight excluding hydrogens is 399 g/mol. The minimum absolute atomic E-state index is 0. The van der Waals surface area contributed by atoms with Crippen LogP contribution < -0.4 is 16.4 Å². The predicted molar refractivity (Wildman–Crippen MR) is 119 cm³/mol. The maximum Gasteiger partial charge on any atom is 0.255 e. The van der Waals surface area contributed by atoms with Crippen molar-refractivity contribution in [2.75, 3.05) is 17.2 Å². The summed E-state index contributed by atoms with van der Waals surface area (Å²) in [5.41, 5.74) is 8.26.